The van der Waals surface area contributed by atoms with Crippen LogP contribution in [0.4, 0.5) is 23.8 Å². The molecule has 0 bridgehead atoms. The summed E-state index contributed by atoms with van der Waals surface area (Å²) in [6, 6.07) is -0.372. The van der Waals surface area contributed by atoms with Crippen molar-refractivity contribution in [3.63, 3.8) is 0 Å². The molecule has 2 amide bonds. The van der Waals surface area contributed by atoms with Crippen molar-refractivity contribution in [1.82, 2.24) is 14.7 Å². The number of carbonyl (C=O) groups is 1. The molecule has 0 saturated carbocycles. The van der Waals surface area contributed by atoms with Crippen LogP contribution >= 0.6 is 0 Å². The number of anilines is 1. The minimum Gasteiger partial charge on any atom is -0.371 e. The molecule has 9 heteroatoms. The summed E-state index contributed by atoms with van der Waals surface area (Å²) in [7, 11) is 2.59. The van der Waals surface area contributed by atoms with Gasteiger partial charge in [-0.25, -0.2) is 9.69 Å². The summed E-state index contributed by atoms with van der Waals surface area (Å²) >= 11 is 0. The highest BCUT2D eigenvalue weighted by Gasteiger charge is 2.44. The van der Waals surface area contributed by atoms with Crippen LogP contribution < -0.4 is 4.90 Å². The zero-order chi connectivity index (χ0) is 14.5. The number of aryl methyl sites for hydroxylation is 1. The topological polar surface area (TPSA) is 61.6 Å². The fraction of sp³-hybridized carbons (Fsp3) is 0.600. The van der Waals surface area contributed by atoms with Crippen molar-refractivity contribution in [3.05, 3.63) is 11.8 Å². The summed E-state index contributed by atoms with van der Waals surface area (Å²) in [5.74, 6) is -0.219. The van der Waals surface area contributed by atoms with Crippen LogP contribution in [0.5, 0.6) is 0 Å². The van der Waals surface area contributed by atoms with Gasteiger partial charge in [-0.3, -0.25) is 4.68 Å². The summed E-state index contributed by atoms with van der Waals surface area (Å²) in [6.45, 7) is 1.59. The standard InChI is InChI=1S/C10H13F3N4O2/c1-5-8(18)17(9(19)15(5)2)7-4-6(10(11,12)13)16(3)14-7/h4-5,8,18H,1-3H3/t5-,8?/m1/s1. The summed E-state index contributed by atoms with van der Waals surface area (Å²) < 4.78 is 38.6. The van der Waals surface area contributed by atoms with Crippen molar-refractivity contribution < 1.29 is 23.1 Å². The zero-order valence-electron chi connectivity index (χ0n) is 10.5. The Kier molecular flexibility index (Phi) is 2.96. The number of amides is 2. The minimum atomic E-state index is -4.56. The average molecular weight is 278 g/mol. The Morgan fingerprint density at radius 2 is 1.95 bits per heavy atom. The Labute approximate surface area is 107 Å². The maximum absolute atomic E-state index is 12.7. The lowest BCUT2D eigenvalue weighted by molar-refractivity contribution is -0.143. The monoisotopic (exact) mass is 278 g/mol. The molecule has 1 aliphatic heterocycles. The van der Waals surface area contributed by atoms with Crippen molar-refractivity contribution >= 4 is 11.8 Å². The molecule has 1 aliphatic rings. The molecule has 2 atom stereocenters. The Hall–Kier alpha value is -1.77. The van der Waals surface area contributed by atoms with E-state index in [2.05, 4.69) is 5.10 Å². The van der Waals surface area contributed by atoms with Crippen LogP contribution in [0.3, 0.4) is 0 Å². The molecule has 1 aromatic rings. The highest BCUT2D eigenvalue weighted by atomic mass is 19.4. The van der Waals surface area contributed by atoms with Crippen LogP contribution in [-0.2, 0) is 13.2 Å². The second kappa shape index (κ2) is 4.12. The summed E-state index contributed by atoms with van der Waals surface area (Å²) in [6.07, 6.45) is -5.79. The van der Waals surface area contributed by atoms with Crippen LogP contribution in [-0.4, -0.2) is 45.1 Å². The first-order valence-corrected chi connectivity index (χ1v) is 5.50. The van der Waals surface area contributed by atoms with Crippen LogP contribution in [0.1, 0.15) is 12.6 Å². The minimum absolute atomic E-state index is 0.219. The predicted octanol–water partition coefficient (Wildman–Crippen LogP) is 1.02. The number of aromatic nitrogens is 2. The van der Waals surface area contributed by atoms with Gasteiger partial charge < -0.3 is 10.0 Å². The lowest BCUT2D eigenvalue weighted by Crippen LogP contribution is -2.35. The number of nitrogens with zero attached hydrogens (tertiary/aromatic N) is 4. The highest BCUT2D eigenvalue weighted by molar-refractivity contribution is 5.94. The third-order valence-electron chi connectivity index (χ3n) is 3.22. The first-order valence-electron chi connectivity index (χ1n) is 5.50. The molecular formula is C10H13F3N4O2. The van der Waals surface area contributed by atoms with Crippen molar-refractivity contribution in [2.24, 2.45) is 7.05 Å². The number of carbonyl (C=O) groups excluding carboxylic acids is 1. The Morgan fingerprint density at radius 3 is 2.32 bits per heavy atom. The number of aliphatic hydroxyl groups is 1. The SMILES string of the molecule is C[C@@H]1C(O)N(c2cc(C(F)(F)F)n(C)n2)C(=O)N1C. The Bertz CT molecular complexity index is 513. The van der Waals surface area contributed by atoms with E-state index in [0.717, 1.165) is 18.0 Å². The van der Waals surface area contributed by atoms with Gasteiger partial charge in [-0.1, -0.05) is 0 Å². The highest BCUT2D eigenvalue weighted by Crippen LogP contribution is 2.33. The molecule has 19 heavy (non-hydrogen) atoms. The summed E-state index contributed by atoms with van der Waals surface area (Å²) in [5.41, 5.74) is -0.982. The number of aliphatic hydroxyl groups excluding tert-OH is 1. The number of hydrogen-bond acceptors (Lipinski definition) is 3. The van der Waals surface area contributed by atoms with Crippen molar-refractivity contribution in [3.8, 4) is 0 Å². The largest absolute Gasteiger partial charge is 0.433 e. The van der Waals surface area contributed by atoms with E-state index in [1.165, 1.54) is 11.9 Å². The van der Waals surface area contributed by atoms with Gasteiger partial charge in [-0.15, -0.1) is 0 Å². The van der Waals surface area contributed by atoms with Crippen molar-refractivity contribution in [1.29, 1.82) is 0 Å². The maximum atomic E-state index is 12.7. The van der Waals surface area contributed by atoms with Gasteiger partial charge in [0.05, 0.1) is 6.04 Å². The molecule has 1 N–H and O–H groups in total. The average Bonchev–Trinajstić information content (AvgIpc) is 2.75. The molecule has 1 fully saturated rings. The summed E-state index contributed by atoms with van der Waals surface area (Å²) in [4.78, 5) is 13.9. The maximum Gasteiger partial charge on any atom is 0.433 e. The van der Waals surface area contributed by atoms with Crippen molar-refractivity contribution in [2.45, 2.75) is 25.4 Å². The molecule has 0 aromatic carbocycles. The third kappa shape index (κ3) is 2.03. The van der Waals surface area contributed by atoms with Gasteiger partial charge in [0.1, 0.15) is 5.69 Å². The number of urea groups is 1. The normalized spacial score (nSPS) is 24.5. The number of alkyl halides is 3. The van der Waals surface area contributed by atoms with Gasteiger partial charge in [0.2, 0.25) is 0 Å². The van der Waals surface area contributed by atoms with Crippen LogP contribution in [0, 0.1) is 0 Å². The van der Waals surface area contributed by atoms with E-state index in [9.17, 15) is 23.1 Å². The molecule has 0 radical (unpaired) electrons. The summed E-state index contributed by atoms with van der Waals surface area (Å²) in [5, 5.41) is 13.5. The molecule has 1 saturated heterocycles. The van der Waals surface area contributed by atoms with Crippen LogP contribution in [0.25, 0.3) is 0 Å². The fourth-order valence-electron chi connectivity index (χ4n) is 1.94. The molecule has 2 rings (SSSR count). The predicted molar refractivity (Wildman–Crippen MR) is 59.3 cm³/mol. The Balaban J connectivity index is 2.41. The van der Waals surface area contributed by atoms with Gasteiger partial charge in [0.15, 0.2) is 12.0 Å². The van der Waals surface area contributed by atoms with E-state index in [4.69, 9.17) is 0 Å². The molecule has 106 valence electrons. The van der Waals surface area contributed by atoms with Gasteiger partial charge in [0, 0.05) is 20.2 Å². The lowest BCUT2D eigenvalue weighted by Gasteiger charge is -2.16. The van der Waals surface area contributed by atoms with Crippen LogP contribution in [0.15, 0.2) is 6.07 Å². The second-order valence-corrected chi connectivity index (χ2v) is 4.43. The molecule has 1 aromatic heterocycles. The van der Waals surface area contributed by atoms with Crippen LogP contribution in [0.2, 0.25) is 0 Å². The van der Waals surface area contributed by atoms with E-state index in [-0.39, 0.29) is 5.82 Å². The molecule has 2 heterocycles. The van der Waals surface area contributed by atoms with Crippen molar-refractivity contribution in [2.75, 3.05) is 11.9 Å². The van der Waals surface area contributed by atoms with Gasteiger partial charge >= 0.3 is 12.2 Å². The van der Waals surface area contributed by atoms with Gasteiger partial charge in [-0.05, 0) is 6.92 Å². The molecule has 1 unspecified atom stereocenters. The molecule has 0 spiro atoms. The first-order chi connectivity index (χ1) is 8.64. The first kappa shape index (κ1) is 13.7. The van der Waals surface area contributed by atoms with E-state index in [1.807, 2.05) is 0 Å². The number of halogens is 3. The van der Waals surface area contributed by atoms with Gasteiger partial charge in [-0.2, -0.15) is 18.3 Å². The molecule has 0 aliphatic carbocycles. The van der Waals surface area contributed by atoms with Gasteiger partial charge in [0.25, 0.3) is 0 Å². The Morgan fingerprint density at radius 1 is 1.37 bits per heavy atom. The van der Waals surface area contributed by atoms with E-state index in [0.29, 0.717) is 4.68 Å². The zero-order valence-corrected chi connectivity index (χ0v) is 10.5. The quantitative estimate of drug-likeness (QED) is 0.834. The third-order valence-corrected chi connectivity index (χ3v) is 3.22. The fourth-order valence-corrected chi connectivity index (χ4v) is 1.94. The lowest BCUT2D eigenvalue weighted by atomic mass is 10.3. The molecular weight excluding hydrogens is 265 g/mol. The van der Waals surface area contributed by atoms with E-state index in [1.54, 1.807) is 6.92 Å². The van der Waals surface area contributed by atoms with E-state index >= 15 is 0 Å². The number of likely N-dealkylation sites (N-methyl/N-ethyl adjacent to an activating group) is 1. The number of rotatable bonds is 1. The van der Waals surface area contributed by atoms with E-state index < -0.39 is 30.2 Å². The molecule has 6 nitrogen and oxygen atoms in total. The smallest absolute Gasteiger partial charge is 0.371 e. The second-order valence-electron chi connectivity index (χ2n) is 4.43. The number of hydrogen-bond donors (Lipinski definition) is 1.